The van der Waals surface area contributed by atoms with Crippen molar-refractivity contribution in [3.63, 3.8) is 0 Å². The summed E-state index contributed by atoms with van der Waals surface area (Å²) in [4.78, 5) is 4.15. The molecule has 0 bridgehead atoms. The van der Waals surface area contributed by atoms with Crippen LogP contribution in [0.5, 0.6) is 0 Å². The highest BCUT2D eigenvalue weighted by Crippen LogP contribution is 2.13. The minimum absolute atomic E-state index is 0.0243. The van der Waals surface area contributed by atoms with Gasteiger partial charge in [-0.25, -0.2) is 4.98 Å². The van der Waals surface area contributed by atoms with E-state index in [0.29, 0.717) is 6.54 Å². The molecule has 0 fully saturated rings. The Morgan fingerprint density at radius 3 is 2.62 bits per heavy atom. The Morgan fingerprint density at radius 2 is 2.12 bits per heavy atom. The van der Waals surface area contributed by atoms with E-state index in [1.54, 1.807) is 4.68 Å². The third kappa shape index (κ3) is 1.71. The molecule has 16 heavy (non-hydrogen) atoms. The molecule has 0 amide bonds. The lowest BCUT2D eigenvalue weighted by Gasteiger charge is -2.03. The van der Waals surface area contributed by atoms with Crippen LogP contribution in [-0.4, -0.2) is 29.7 Å². The molecule has 0 unspecified atom stereocenters. The van der Waals surface area contributed by atoms with Crippen LogP contribution in [0.2, 0.25) is 0 Å². The average Bonchev–Trinajstić information content (AvgIpc) is 2.74. The second-order valence-electron chi connectivity index (χ2n) is 3.77. The summed E-state index contributed by atoms with van der Waals surface area (Å²) in [5.41, 5.74) is 2.73. The zero-order valence-electron chi connectivity index (χ0n) is 9.67. The zero-order chi connectivity index (χ0) is 11.7. The van der Waals surface area contributed by atoms with Gasteiger partial charge in [0.25, 0.3) is 0 Å². The van der Waals surface area contributed by atoms with Gasteiger partial charge in [0.05, 0.1) is 12.3 Å². The SMILES string of the molecule is Cc1nn(Cc2ncnn2C)c(C)c1CO. The standard InChI is InChI=1S/C10H15N5O/c1-7-9(5-16)8(2)15(13-7)4-10-11-6-12-14(10)3/h6,16H,4-5H2,1-3H3. The molecule has 0 saturated carbocycles. The van der Waals surface area contributed by atoms with Gasteiger partial charge in [-0.05, 0) is 13.8 Å². The summed E-state index contributed by atoms with van der Waals surface area (Å²) in [5, 5.41) is 17.6. The van der Waals surface area contributed by atoms with E-state index < -0.39 is 0 Å². The second-order valence-corrected chi connectivity index (χ2v) is 3.77. The van der Waals surface area contributed by atoms with Crippen molar-refractivity contribution in [3.05, 3.63) is 29.1 Å². The first kappa shape index (κ1) is 10.8. The lowest BCUT2D eigenvalue weighted by atomic mass is 10.2. The van der Waals surface area contributed by atoms with Gasteiger partial charge in [-0.1, -0.05) is 0 Å². The predicted molar refractivity (Wildman–Crippen MR) is 57.7 cm³/mol. The van der Waals surface area contributed by atoms with E-state index in [1.807, 2.05) is 25.6 Å². The Bertz CT molecular complexity index is 499. The number of nitrogens with zero attached hydrogens (tertiary/aromatic N) is 5. The van der Waals surface area contributed by atoms with Gasteiger partial charge in [-0.2, -0.15) is 10.2 Å². The fourth-order valence-corrected chi connectivity index (χ4v) is 1.71. The van der Waals surface area contributed by atoms with Gasteiger partial charge in [0.15, 0.2) is 0 Å². The van der Waals surface area contributed by atoms with Crippen molar-refractivity contribution in [3.8, 4) is 0 Å². The number of hydrogen-bond donors (Lipinski definition) is 1. The first-order valence-electron chi connectivity index (χ1n) is 5.10. The Labute approximate surface area is 93.5 Å². The Morgan fingerprint density at radius 1 is 1.38 bits per heavy atom. The fourth-order valence-electron chi connectivity index (χ4n) is 1.71. The molecule has 0 saturated heterocycles. The second kappa shape index (κ2) is 4.05. The zero-order valence-corrected chi connectivity index (χ0v) is 9.67. The Kier molecular flexibility index (Phi) is 2.74. The quantitative estimate of drug-likeness (QED) is 0.802. The maximum Gasteiger partial charge on any atom is 0.148 e. The van der Waals surface area contributed by atoms with Crippen molar-refractivity contribution < 1.29 is 5.11 Å². The first-order chi connectivity index (χ1) is 7.63. The van der Waals surface area contributed by atoms with E-state index in [4.69, 9.17) is 0 Å². The third-order valence-corrected chi connectivity index (χ3v) is 2.79. The summed E-state index contributed by atoms with van der Waals surface area (Å²) in [6.07, 6.45) is 1.52. The highest BCUT2D eigenvalue weighted by atomic mass is 16.3. The summed E-state index contributed by atoms with van der Waals surface area (Å²) >= 11 is 0. The first-order valence-corrected chi connectivity index (χ1v) is 5.10. The van der Waals surface area contributed by atoms with Crippen molar-refractivity contribution in [1.29, 1.82) is 0 Å². The van der Waals surface area contributed by atoms with Crippen molar-refractivity contribution in [2.24, 2.45) is 7.05 Å². The summed E-state index contributed by atoms with van der Waals surface area (Å²) in [6.45, 7) is 4.44. The van der Waals surface area contributed by atoms with E-state index in [0.717, 1.165) is 22.8 Å². The number of aromatic nitrogens is 5. The van der Waals surface area contributed by atoms with Gasteiger partial charge in [-0.3, -0.25) is 9.36 Å². The Hall–Kier alpha value is -1.69. The number of aliphatic hydroxyl groups is 1. The fraction of sp³-hybridized carbons (Fsp3) is 0.500. The summed E-state index contributed by atoms with van der Waals surface area (Å²) < 4.78 is 3.56. The van der Waals surface area contributed by atoms with Crippen molar-refractivity contribution in [1.82, 2.24) is 24.5 Å². The molecular formula is C10H15N5O. The van der Waals surface area contributed by atoms with Crippen molar-refractivity contribution in [2.45, 2.75) is 27.0 Å². The lowest BCUT2D eigenvalue weighted by Crippen LogP contribution is -2.09. The van der Waals surface area contributed by atoms with Crippen LogP contribution in [-0.2, 0) is 20.2 Å². The van der Waals surface area contributed by atoms with Gasteiger partial charge in [0.1, 0.15) is 18.7 Å². The van der Waals surface area contributed by atoms with Crippen LogP contribution in [0.15, 0.2) is 6.33 Å². The highest BCUT2D eigenvalue weighted by Gasteiger charge is 2.12. The number of rotatable bonds is 3. The van der Waals surface area contributed by atoms with Gasteiger partial charge in [0.2, 0.25) is 0 Å². The molecule has 2 aromatic rings. The molecule has 1 N–H and O–H groups in total. The third-order valence-electron chi connectivity index (χ3n) is 2.79. The molecule has 0 radical (unpaired) electrons. The van der Waals surface area contributed by atoms with Crippen molar-refractivity contribution >= 4 is 0 Å². The van der Waals surface area contributed by atoms with Gasteiger partial charge < -0.3 is 5.11 Å². The van der Waals surface area contributed by atoms with E-state index in [2.05, 4.69) is 15.2 Å². The minimum atomic E-state index is 0.0243. The molecule has 2 aromatic heterocycles. The molecule has 2 rings (SSSR count). The molecule has 2 heterocycles. The number of aryl methyl sites for hydroxylation is 2. The van der Waals surface area contributed by atoms with Crippen LogP contribution in [0.4, 0.5) is 0 Å². The van der Waals surface area contributed by atoms with E-state index >= 15 is 0 Å². The van der Waals surface area contributed by atoms with Crippen LogP contribution in [0.1, 0.15) is 22.8 Å². The van der Waals surface area contributed by atoms with E-state index in [1.165, 1.54) is 6.33 Å². The summed E-state index contributed by atoms with van der Waals surface area (Å²) in [6, 6.07) is 0. The van der Waals surface area contributed by atoms with Gasteiger partial charge in [-0.15, -0.1) is 0 Å². The number of aliphatic hydroxyl groups excluding tert-OH is 1. The highest BCUT2D eigenvalue weighted by molar-refractivity contribution is 5.23. The molecule has 6 nitrogen and oxygen atoms in total. The van der Waals surface area contributed by atoms with Crippen LogP contribution in [0.3, 0.4) is 0 Å². The van der Waals surface area contributed by atoms with Gasteiger partial charge in [0, 0.05) is 18.3 Å². The normalized spacial score (nSPS) is 11.0. The van der Waals surface area contributed by atoms with E-state index in [9.17, 15) is 5.11 Å². The molecule has 0 aliphatic rings. The largest absolute Gasteiger partial charge is 0.392 e. The van der Waals surface area contributed by atoms with Crippen LogP contribution in [0.25, 0.3) is 0 Å². The van der Waals surface area contributed by atoms with Gasteiger partial charge >= 0.3 is 0 Å². The predicted octanol–water partition coefficient (Wildman–Crippen LogP) is 0.169. The maximum absolute atomic E-state index is 9.21. The molecule has 0 aliphatic heterocycles. The molecule has 0 aromatic carbocycles. The summed E-state index contributed by atoms with van der Waals surface area (Å²) in [7, 11) is 1.85. The van der Waals surface area contributed by atoms with E-state index in [-0.39, 0.29) is 6.61 Å². The summed E-state index contributed by atoms with van der Waals surface area (Å²) in [5.74, 6) is 0.843. The lowest BCUT2D eigenvalue weighted by molar-refractivity contribution is 0.280. The molecule has 86 valence electrons. The monoisotopic (exact) mass is 221 g/mol. The van der Waals surface area contributed by atoms with Crippen LogP contribution >= 0.6 is 0 Å². The average molecular weight is 221 g/mol. The molecule has 0 spiro atoms. The topological polar surface area (TPSA) is 68.8 Å². The molecule has 6 heteroatoms. The molecule has 0 atom stereocenters. The smallest absolute Gasteiger partial charge is 0.148 e. The van der Waals surface area contributed by atoms with Crippen LogP contribution < -0.4 is 0 Å². The van der Waals surface area contributed by atoms with Crippen molar-refractivity contribution in [2.75, 3.05) is 0 Å². The number of hydrogen-bond acceptors (Lipinski definition) is 4. The minimum Gasteiger partial charge on any atom is -0.392 e. The maximum atomic E-state index is 9.21. The van der Waals surface area contributed by atoms with Crippen LogP contribution in [0, 0.1) is 13.8 Å². The Balaban J connectivity index is 2.32. The molecule has 0 aliphatic carbocycles. The molecular weight excluding hydrogens is 206 g/mol.